The van der Waals surface area contributed by atoms with Crippen molar-refractivity contribution in [3.8, 4) is 11.8 Å². The lowest BCUT2D eigenvalue weighted by molar-refractivity contribution is 0.147. The maximum atomic E-state index is 11.6. The van der Waals surface area contributed by atoms with Crippen LogP contribution in [0.3, 0.4) is 0 Å². The van der Waals surface area contributed by atoms with E-state index in [1.807, 2.05) is 34.6 Å². The summed E-state index contributed by atoms with van der Waals surface area (Å²) in [6, 6.07) is -0.0861. The molecule has 0 aliphatic heterocycles. The van der Waals surface area contributed by atoms with Crippen molar-refractivity contribution < 1.29 is 9.53 Å². The van der Waals surface area contributed by atoms with Gasteiger partial charge in [0, 0.05) is 12.2 Å². The minimum Gasteiger partial charge on any atom is -0.450 e. The smallest absolute Gasteiger partial charge is 0.407 e. The highest BCUT2D eigenvalue weighted by atomic mass is 16.5. The lowest BCUT2D eigenvalue weighted by Crippen LogP contribution is -2.32. The molecule has 1 aromatic rings. The van der Waals surface area contributed by atoms with Crippen molar-refractivity contribution >= 4 is 6.09 Å². The molecule has 1 amide bonds. The molecule has 0 aliphatic carbocycles. The summed E-state index contributed by atoms with van der Waals surface area (Å²) in [5, 5.41) is 2.44. The summed E-state index contributed by atoms with van der Waals surface area (Å²) >= 11 is 0. The van der Waals surface area contributed by atoms with Crippen LogP contribution in [-0.4, -0.2) is 28.8 Å². The fourth-order valence-electron chi connectivity index (χ4n) is 1.46. The van der Waals surface area contributed by atoms with E-state index < -0.39 is 17.3 Å². The number of aromatic nitrogens is 2. The van der Waals surface area contributed by atoms with E-state index in [9.17, 15) is 14.4 Å². The third-order valence-corrected chi connectivity index (χ3v) is 2.51. The van der Waals surface area contributed by atoms with E-state index in [0.717, 1.165) is 6.42 Å². The van der Waals surface area contributed by atoms with E-state index in [2.05, 4.69) is 22.1 Å². The SMILES string of the molecule is CC.CCCOC(=O)NCC#Cc1cn(C(C)C)c(=O)[nH]c1=O. The third-order valence-electron chi connectivity index (χ3n) is 2.51. The third kappa shape index (κ3) is 7.36. The first-order valence-corrected chi connectivity index (χ1v) is 7.70. The lowest BCUT2D eigenvalue weighted by Gasteiger charge is -2.08. The van der Waals surface area contributed by atoms with Crippen LogP contribution in [0.5, 0.6) is 0 Å². The van der Waals surface area contributed by atoms with Gasteiger partial charge in [0.25, 0.3) is 5.56 Å². The molecule has 2 N–H and O–H groups in total. The molecule has 7 heteroatoms. The molecule has 128 valence electrons. The van der Waals surface area contributed by atoms with Crippen molar-refractivity contribution in [3.63, 3.8) is 0 Å². The molecule has 0 aromatic carbocycles. The molecule has 23 heavy (non-hydrogen) atoms. The van der Waals surface area contributed by atoms with Crippen LogP contribution in [0.15, 0.2) is 15.8 Å². The van der Waals surface area contributed by atoms with Gasteiger partial charge >= 0.3 is 11.8 Å². The molecule has 7 nitrogen and oxygen atoms in total. The van der Waals surface area contributed by atoms with Gasteiger partial charge in [-0.2, -0.15) is 0 Å². The van der Waals surface area contributed by atoms with E-state index in [-0.39, 0.29) is 18.2 Å². The summed E-state index contributed by atoms with van der Waals surface area (Å²) in [5.41, 5.74) is -0.841. The largest absolute Gasteiger partial charge is 0.450 e. The van der Waals surface area contributed by atoms with Crippen LogP contribution in [0.1, 0.15) is 52.6 Å². The first-order chi connectivity index (χ1) is 11.0. The Kier molecular flexibility index (Phi) is 9.92. The zero-order valence-corrected chi connectivity index (χ0v) is 14.4. The number of hydrogen-bond acceptors (Lipinski definition) is 4. The van der Waals surface area contributed by atoms with Crippen LogP contribution < -0.4 is 16.6 Å². The van der Waals surface area contributed by atoms with E-state index in [4.69, 9.17) is 4.74 Å². The van der Waals surface area contributed by atoms with Crippen LogP contribution in [0.4, 0.5) is 4.79 Å². The lowest BCUT2D eigenvalue weighted by atomic mass is 10.3. The second kappa shape index (κ2) is 11.1. The highest BCUT2D eigenvalue weighted by Crippen LogP contribution is 1.98. The number of alkyl carbamates (subject to hydrolysis) is 1. The molecule has 1 heterocycles. The fourth-order valence-corrected chi connectivity index (χ4v) is 1.46. The van der Waals surface area contributed by atoms with Gasteiger partial charge in [-0.15, -0.1) is 0 Å². The Bertz CT molecular complexity index is 662. The van der Waals surface area contributed by atoms with Crippen molar-refractivity contribution in [2.24, 2.45) is 0 Å². The summed E-state index contributed by atoms with van der Waals surface area (Å²) in [6.07, 6.45) is 1.60. The first-order valence-electron chi connectivity index (χ1n) is 7.70. The molecule has 0 spiro atoms. The normalized spacial score (nSPS) is 9.30. The second-order valence-electron chi connectivity index (χ2n) is 4.59. The minimum atomic E-state index is -0.549. The number of rotatable bonds is 4. The zero-order valence-electron chi connectivity index (χ0n) is 14.4. The summed E-state index contributed by atoms with van der Waals surface area (Å²) in [5.74, 6) is 5.26. The number of carbonyl (C=O) groups excluding carboxylic acids is 1. The summed E-state index contributed by atoms with van der Waals surface area (Å²) in [7, 11) is 0. The van der Waals surface area contributed by atoms with Gasteiger partial charge in [0.05, 0.1) is 13.2 Å². The van der Waals surface area contributed by atoms with Crippen LogP contribution in [0.2, 0.25) is 0 Å². The van der Waals surface area contributed by atoms with Gasteiger partial charge < -0.3 is 10.1 Å². The van der Waals surface area contributed by atoms with Gasteiger partial charge in [0.1, 0.15) is 5.56 Å². The van der Waals surface area contributed by atoms with Gasteiger partial charge in [-0.1, -0.05) is 32.6 Å². The van der Waals surface area contributed by atoms with Crippen LogP contribution in [-0.2, 0) is 4.74 Å². The van der Waals surface area contributed by atoms with Crippen molar-refractivity contribution in [1.82, 2.24) is 14.9 Å². The Balaban J connectivity index is 0.00000232. The van der Waals surface area contributed by atoms with E-state index in [0.29, 0.717) is 6.61 Å². The van der Waals surface area contributed by atoms with E-state index in [1.165, 1.54) is 10.8 Å². The fraction of sp³-hybridized carbons (Fsp3) is 0.562. The van der Waals surface area contributed by atoms with Crippen molar-refractivity contribution in [1.29, 1.82) is 0 Å². The Morgan fingerprint density at radius 2 is 2.04 bits per heavy atom. The molecular weight excluding hydrogens is 298 g/mol. The Morgan fingerprint density at radius 1 is 1.39 bits per heavy atom. The maximum absolute atomic E-state index is 11.6. The quantitative estimate of drug-likeness (QED) is 0.824. The number of aromatic amines is 1. The maximum Gasteiger partial charge on any atom is 0.407 e. The number of amides is 1. The van der Waals surface area contributed by atoms with Gasteiger partial charge in [-0.3, -0.25) is 14.3 Å². The number of H-pyrrole nitrogens is 1. The Hall–Kier alpha value is -2.49. The number of nitrogens with zero attached hydrogens (tertiary/aromatic N) is 1. The first kappa shape index (κ1) is 20.5. The Morgan fingerprint density at radius 3 is 2.61 bits per heavy atom. The topological polar surface area (TPSA) is 93.2 Å². The van der Waals surface area contributed by atoms with Gasteiger partial charge in [-0.25, -0.2) is 9.59 Å². The second-order valence-corrected chi connectivity index (χ2v) is 4.59. The molecule has 0 unspecified atom stereocenters. The number of carbonyl (C=O) groups is 1. The van der Waals surface area contributed by atoms with Gasteiger partial charge in [-0.05, 0) is 20.3 Å². The van der Waals surface area contributed by atoms with Crippen molar-refractivity contribution in [3.05, 3.63) is 32.6 Å². The van der Waals surface area contributed by atoms with Crippen molar-refractivity contribution in [2.75, 3.05) is 13.2 Å². The summed E-state index contributed by atoms with van der Waals surface area (Å²) in [6.45, 7) is 9.94. The predicted octanol–water partition coefficient (Wildman–Crippen LogP) is 1.63. The van der Waals surface area contributed by atoms with E-state index in [1.54, 1.807) is 0 Å². The molecule has 0 bridgehead atoms. The molecule has 0 atom stereocenters. The van der Waals surface area contributed by atoms with Gasteiger partial charge in [0.15, 0.2) is 0 Å². The highest BCUT2D eigenvalue weighted by Gasteiger charge is 2.05. The molecule has 0 radical (unpaired) electrons. The molecule has 0 saturated heterocycles. The minimum absolute atomic E-state index is 0.0583. The standard InChI is InChI=1S/C14H19N3O4.C2H6/c1-4-8-21-14(20)15-7-5-6-11-9-17(10(2)3)13(19)16-12(11)18;1-2/h9-10H,4,7-8H2,1-3H3,(H,15,20)(H,16,18,19);1-2H3. The number of nitrogens with one attached hydrogen (secondary N) is 2. The monoisotopic (exact) mass is 323 g/mol. The summed E-state index contributed by atoms with van der Waals surface area (Å²) in [4.78, 5) is 36.5. The Labute approximate surface area is 136 Å². The molecule has 0 fully saturated rings. The average molecular weight is 323 g/mol. The van der Waals surface area contributed by atoms with Crippen LogP contribution in [0.25, 0.3) is 0 Å². The molecule has 1 aromatic heterocycles. The van der Waals surface area contributed by atoms with Crippen LogP contribution in [0, 0.1) is 11.8 Å². The molecule has 0 aliphatic rings. The van der Waals surface area contributed by atoms with Crippen LogP contribution >= 0.6 is 0 Å². The highest BCUT2D eigenvalue weighted by molar-refractivity contribution is 5.67. The van der Waals surface area contributed by atoms with Gasteiger partial charge in [0.2, 0.25) is 0 Å². The number of ether oxygens (including phenoxy) is 1. The zero-order chi connectivity index (χ0) is 17.8. The molecule has 0 saturated carbocycles. The average Bonchev–Trinajstić information content (AvgIpc) is 2.52. The van der Waals surface area contributed by atoms with E-state index >= 15 is 0 Å². The number of hydrogen-bond donors (Lipinski definition) is 2. The van der Waals surface area contributed by atoms with Crippen molar-refractivity contribution in [2.45, 2.75) is 47.1 Å². The molecule has 1 rings (SSSR count). The molecular formula is C16H25N3O4. The predicted molar refractivity (Wildman–Crippen MR) is 89.6 cm³/mol. The summed E-state index contributed by atoms with van der Waals surface area (Å²) < 4.78 is 6.19.